The highest BCUT2D eigenvalue weighted by atomic mass is 16.5. The van der Waals surface area contributed by atoms with Gasteiger partial charge < -0.3 is 15.4 Å². The molecule has 0 aliphatic carbocycles. The monoisotopic (exact) mass is 237 g/mol. The highest BCUT2D eigenvalue weighted by molar-refractivity contribution is 5.26. The Labute approximate surface area is 104 Å². The molecule has 0 saturated carbocycles. The molecule has 1 atom stereocenters. The van der Waals surface area contributed by atoms with Gasteiger partial charge in [0.1, 0.15) is 5.75 Å². The van der Waals surface area contributed by atoms with Crippen LogP contribution in [0, 0.1) is 12.8 Å². The van der Waals surface area contributed by atoms with E-state index in [4.69, 9.17) is 10.5 Å². The number of nitrogens with zero attached hydrogens (tertiary/aromatic N) is 2. The first-order valence-corrected chi connectivity index (χ1v) is 5.95. The quantitative estimate of drug-likeness (QED) is 0.813. The summed E-state index contributed by atoms with van der Waals surface area (Å²) in [4.78, 5) is 6.74. The summed E-state index contributed by atoms with van der Waals surface area (Å²) in [5.41, 5.74) is 7.64. The summed E-state index contributed by atoms with van der Waals surface area (Å²) in [6, 6.07) is 3.92. The molecule has 1 aromatic heterocycles. The van der Waals surface area contributed by atoms with E-state index in [1.54, 1.807) is 7.11 Å². The first kappa shape index (κ1) is 13.9. The lowest BCUT2D eigenvalue weighted by Crippen LogP contribution is -2.28. The Morgan fingerprint density at radius 1 is 1.47 bits per heavy atom. The van der Waals surface area contributed by atoms with Crippen molar-refractivity contribution in [2.45, 2.75) is 20.4 Å². The highest BCUT2D eigenvalue weighted by Crippen LogP contribution is 2.14. The molecule has 0 saturated heterocycles. The van der Waals surface area contributed by atoms with Crippen molar-refractivity contribution in [2.24, 2.45) is 11.7 Å². The SMILES string of the molecule is COc1cc(C)nc(CN(C)CC(C)CN)c1. The molecular formula is C13H23N3O. The number of aryl methyl sites for hydroxylation is 1. The largest absolute Gasteiger partial charge is 0.497 e. The average Bonchev–Trinajstić information content (AvgIpc) is 2.27. The second kappa shape index (κ2) is 6.57. The predicted molar refractivity (Wildman–Crippen MR) is 70.1 cm³/mol. The molecule has 0 amide bonds. The van der Waals surface area contributed by atoms with Crippen molar-refractivity contribution >= 4 is 0 Å². The van der Waals surface area contributed by atoms with Crippen molar-refractivity contribution in [1.29, 1.82) is 0 Å². The van der Waals surface area contributed by atoms with E-state index in [-0.39, 0.29) is 0 Å². The summed E-state index contributed by atoms with van der Waals surface area (Å²) in [5.74, 6) is 1.37. The third kappa shape index (κ3) is 4.71. The molecule has 1 aromatic rings. The van der Waals surface area contributed by atoms with Gasteiger partial charge in [-0.2, -0.15) is 0 Å². The van der Waals surface area contributed by atoms with Crippen LogP contribution in [-0.2, 0) is 6.54 Å². The lowest BCUT2D eigenvalue weighted by Gasteiger charge is -2.20. The normalized spacial score (nSPS) is 12.8. The minimum absolute atomic E-state index is 0.506. The van der Waals surface area contributed by atoms with E-state index in [2.05, 4.69) is 23.9 Å². The standard InChI is InChI=1S/C13H23N3O/c1-10(7-14)8-16(3)9-12-6-13(17-4)5-11(2)15-12/h5-6,10H,7-9,14H2,1-4H3. The van der Waals surface area contributed by atoms with E-state index < -0.39 is 0 Å². The van der Waals surface area contributed by atoms with Crippen molar-refractivity contribution < 1.29 is 4.74 Å². The number of ether oxygens (including phenoxy) is 1. The summed E-state index contributed by atoms with van der Waals surface area (Å²) in [5, 5.41) is 0. The predicted octanol–water partition coefficient (Wildman–Crippen LogP) is 1.43. The number of methoxy groups -OCH3 is 1. The molecule has 0 radical (unpaired) electrons. The van der Waals surface area contributed by atoms with Crippen LogP contribution in [0.15, 0.2) is 12.1 Å². The summed E-state index contributed by atoms with van der Waals surface area (Å²) in [7, 11) is 3.77. The fraction of sp³-hybridized carbons (Fsp3) is 0.615. The van der Waals surface area contributed by atoms with Crippen molar-refractivity contribution in [1.82, 2.24) is 9.88 Å². The molecule has 0 aliphatic heterocycles. The topological polar surface area (TPSA) is 51.4 Å². The second-order valence-corrected chi connectivity index (χ2v) is 4.68. The number of aromatic nitrogens is 1. The molecule has 0 fully saturated rings. The maximum Gasteiger partial charge on any atom is 0.122 e. The maximum absolute atomic E-state index is 5.62. The van der Waals surface area contributed by atoms with Gasteiger partial charge in [-0.3, -0.25) is 4.98 Å². The number of rotatable bonds is 6. The fourth-order valence-electron chi connectivity index (χ4n) is 1.85. The van der Waals surface area contributed by atoms with E-state index in [1.165, 1.54) is 0 Å². The molecule has 0 bridgehead atoms. The van der Waals surface area contributed by atoms with Gasteiger partial charge in [-0.25, -0.2) is 0 Å². The molecule has 0 aromatic carbocycles. The van der Waals surface area contributed by atoms with Gasteiger partial charge in [0.05, 0.1) is 12.8 Å². The van der Waals surface area contributed by atoms with Gasteiger partial charge in [-0.05, 0) is 26.4 Å². The van der Waals surface area contributed by atoms with Crippen LogP contribution < -0.4 is 10.5 Å². The van der Waals surface area contributed by atoms with Crippen LogP contribution in [0.1, 0.15) is 18.3 Å². The van der Waals surface area contributed by atoms with Gasteiger partial charge in [0.2, 0.25) is 0 Å². The Hall–Kier alpha value is -1.13. The lowest BCUT2D eigenvalue weighted by molar-refractivity contribution is 0.278. The van der Waals surface area contributed by atoms with Crippen LogP contribution in [0.5, 0.6) is 5.75 Å². The van der Waals surface area contributed by atoms with Gasteiger partial charge in [-0.15, -0.1) is 0 Å². The zero-order valence-electron chi connectivity index (χ0n) is 11.2. The molecule has 0 aliphatic rings. The Morgan fingerprint density at radius 3 is 2.76 bits per heavy atom. The summed E-state index contributed by atoms with van der Waals surface area (Å²) in [6.07, 6.45) is 0. The highest BCUT2D eigenvalue weighted by Gasteiger charge is 2.07. The molecular weight excluding hydrogens is 214 g/mol. The van der Waals surface area contributed by atoms with Crippen LogP contribution in [0.25, 0.3) is 0 Å². The van der Waals surface area contributed by atoms with Crippen molar-refractivity contribution in [2.75, 3.05) is 27.2 Å². The Kier molecular flexibility index (Phi) is 5.38. The first-order valence-electron chi connectivity index (χ1n) is 5.95. The first-order chi connectivity index (χ1) is 8.05. The van der Waals surface area contributed by atoms with Crippen molar-refractivity contribution in [3.8, 4) is 5.75 Å². The van der Waals surface area contributed by atoms with E-state index >= 15 is 0 Å². The number of hydrogen-bond donors (Lipinski definition) is 1. The van der Waals surface area contributed by atoms with Gasteiger partial charge >= 0.3 is 0 Å². The maximum atomic E-state index is 5.62. The number of hydrogen-bond acceptors (Lipinski definition) is 4. The second-order valence-electron chi connectivity index (χ2n) is 4.68. The smallest absolute Gasteiger partial charge is 0.122 e. The van der Waals surface area contributed by atoms with Crippen LogP contribution in [0.3, 0.4) is 0 Å². The zero-order chi connectivity index (χ0) is 12.8. The van der Waals surface area contributed by atoms with Crippen LogP contribution in [-0.4, -0.2) is 37.1 Å². The third-order valence-electron chi connectivity index (χ3n) is 2.67. The molecule has 96 valence electrons. The molecule has 17 heavy (non-hydrogen) atoms. The lowest BCUT2D eigenvalue weighted by atomic mass is 10.1. The Bertz CT molecular complexity index is 355. The number of nitrogens with two attached hydrogens (primary N) is 1. The number of pyridine rings is 1. The summed E-state index contributed by atoms with van der Waals surface area (Å²) in [6.45, 7) is 6.65. The van der Waals surface area contributed by atoms with Crippen LogP contribution >= 0.6 is 0 Å². The van der Waals surface area contributed by atoms with E-state index in [0.29, 0.717) is 5.92 Å². The fourth-order valence-corrected chi connectivity index (χ4v) is 1.85. The molecule has 1 unspecified atom stereocenters. The third-order valence-corrected chi connectivity index (χ3v) is 2.67. The summed E-state index contributed by atoms with van der Waals surface area (Å²) >= 11 is 0. The molecule has 2 N–H and O–H groups in total. The van der Waals surface area contributed by atoms with E-state index in [9.17, 15) is 0 Å². The molecule has 4 heteroatoms. The Balaban J connectivity index is 2.64. The Morgan fingerprint density at radius 2 is 2.18 bits per heavy atom. The molecule has 1 rings (SSSR count). The van der Waals surface area contributed by atoms with E-state index in [0.717, 1.165) is 36.8 Å². The zero-order valence-corrected chi connectivity index (χ0v) is 11.2. The molecule has 4 nitrogen and oxygen atoms in total. The van der Waals surface area contributed by atoms with Crippen LogP contribution in [0.2, 0.25) is 0 Å². The average molecular weight is 237 g/mol. The van der Waals surface area contributed by atoms with E-state index in [1.807, 2.05) is 19.1 Å². The van der Waals surface area contributed by atoms with Crippen LogP contribution in [0.4, 0.5) is 0 Å². The van der Waals surface area contributed by atoms with Gasteiger partial charge in [0.25, 0.3) is 0 Å². The minimum Gasteiger partial charge on any atom is -0.497 e. The summed E-state index contributed by atoms with van der Waals surface area (Å²) < 4.78 is 5.24. The minimum atomic E-state index is 0.506. The molecule has 1 heterocycles. The van der Waals surface area contributed by atoms with Gasteiger partial charge in [0, 0.05) is 30.9 Å². The van der Waals surface area contributed by atoms with Crippen molar-refractivity contribution in [3.63, 3.8) is 0 Å². The molecule has 0 spiro atoms. The van der Waals surface area contributed by atoms with Gasteiger partial charge in [-0.1, -0.05) is 6.92 Å². The van der Waals surface area contributed by atoms with Crippen molar-refractivity contribution in [3.05, 3.63) is 23.5 Å². The van der Waals surface area contributed by atoms with Gasteiger partial charge in [0.15, 0.2) is 0 Å².